The molecule has 0 fully saturated rings. The SMILES string of the molecule is CCCC[Si](C)(C)O[Si](C)(C)O[SiH](C)O[Si](C)(C)C. The number of rotatable bonds is 9. The molecule has 116 valence electrons. The third kappa shape index (κ3) is 11.1. The van der Waals surface area contributed by atoms with E-state index in [4.69, 9.17) is 12.3 Å². The third-order valence-electron chi connectivity index (χ3n) is 2.62. The summed E-state index contributed by atoms with van der Waals surface area (Å²) in [4.78, 5) is 0. The van der Waals surface area contributed by atoms with Crippen LogP contribution in [0.2, 0.25) is 58.4 Å². The predicted molar refractivity (Wildman–Crippen MR) is 94.3 cm³/mol. The predicted octanol–water partition coefficient (Wildman–Crippen LogP) is 4.43. The van der Waals surface area contributed by atoms with Gasteiger partial charge in [-0.2, -0.15) is 0 Å². The highest BCUT2D eigenvalue weighted by molar-refractivity contribution is 6.85. The number of hydrogen-bond acceptors (Lipinski definition) is 3. The lowest BCUT2D eigenvalue weighted by Gasteiger charge is -2.36. The van der Waals surface area contributed by atoms with E-state index < -0.39 is 34.5 Å². The molecular formula is C12H34O3Si4. The second kappa shape index (κ2) is 7.67. The molecule has 0 heterocycles. The summed E-state index contributed by atoms with van der Waals surface area (Å²) < 4.78 is 18.8. The minimum absolute atomic E-state index is 1.23. The van der Waals surface area contributed by atoms with E-state index in [0.717, 1.165) is 0 Å². The van der Waals surface area contributed by atoms with Gasteiger partial charge in [-0.3, -0.25) is 0 Å². The van der Waals surface area contributed by atoms with E-state index in [-0.39, 0.29) is 0 Å². The Bertz CT molecular complexity index is 264. The van der Waals surface area contributed by atoms with Crippen molar-refractivity contribution in [2.75, 3.05) is 0 Å². The fourth-order valence-electron chi connectivity index (χ4n) is 2.26. The van der Waals surface area contributed by atoms with Crippen LogP contribution < -0.4 is 0 Å². The van der Waals surface area contributed by atoms with E-state index >= 15 is 0 Å². The summed E-state index contributed by atoms with van der Waals surface area (Å²) in [7, 11) is -6.63. The lowest BCUT2D eigenvalue weighted by atomic mass is 10.4. The van der Waals surface area contributed by atoms with E-state index in [1.807, 2.05) is 0 Å². The highest BCUT2D eigenvalue weighted by Crippen LogP contribution is 2.22. The lowest BCUT2D eigenvalue weighted by Crippen LogP contribution is -2.50. The van der Waals surface area contributed by atoms with Crippen LogP contribution in [0.15, 0.2) is 0 Å². The van der Waals surface area contributed by atoms with Gasteiger partial charge in [-0.1, -0.05) is 19.8 Å². The van der Waals surface area contributed by atoms with Gasteiger partial charge in [0, 0.05) is 0 Å². The molecule has 0 rings (SSSR count). The summed E-state index contributed by atoms with van der Waals surface area (Å²) in [6.07, 6.45) is 2.51. The number of unbranched alkanes of at least 4 members (excludes halogenated alkanes) is 1. The molecule has 0 aromatic carbocycles. The van der Waals surface area contributed by atoms with Crippen LogP contribution in [0.4, 0.5) is 0 Å². The largest absolute Gasteiger partial charge is 0.439 e. The molecule has 0 saturated carbocycles. The third-order valence-corrected chi connectivity index (χ3v) is 16.1. The van der Waals surface area contributed by atoms with Crippen molar-refractivity contribution in [2.24, 2.45) is 0 Å². The topological polar surface area (TPSA) is 27.7 Å². The summed E-state index contributed by atoms with van der Waals surface area (Å²) in [5.74, 6) is 0. The molecule has 1 unspecified atom stereocenters. The molecule has 0 N–H and O–H groups in total. The first-order chi connectivity index (χ1) is 8.37. The molecule has 0 radical (unpaired) electrons. The Hall–Kier alpha value is 0.748. The quantitative estimate of drug-likeness (QED) is 0.582. The minimum atomic E-state index is -2.03. The smallest absolute Gasteiger partial charge is 0.312 e. The van der Waals surface area contributed by atoms with Crippen LogP contribution in [0.1, 0.15) is 19.8 Å². The lowest BCUT2D eigenvalue weighted by molar-refractivity contribution is 0.350. The Balaban J connectivity index is 4.37. The summed E-state index contributed by atoms with van der Waals surface area (Å²) in [5, 5.41) is 0. The van der Waals surface area contributed by atoms with Crippen LogP contribution in [0.5, 0.6) is 0 Å². The average Bonchev–Trinajstić information content (AvgIpc) is 2.08. The summed E-state index contributed by atoms with van der Waals surface area (Å²) in [5.41, 5.74) is 0. The first-order valence-electron chi connectivity index (χ1n) is 7.43. The fraction of sp³-hybridized carbons (Fsp3) is 1.00. The van der Waals surface area contributed by atoms with Gasteiger partial charge in [-0.05, 0) is 58.4 Å². The minimum Gasteiger partial charge on any atom is -0.439 e. The molecule has 3 nitrogen and oxygen atoms in total. The molecule has 0 aliphatic heterocycles. The molecule has 0 aliphatic carbocycles. The molecule has 7 heteroatoms. The molecule has 0 aromatic rings. The summed E-state index contributed by atoms with van der Waals surface area (Å²) in [6.45, 7) is 20.0. The molecule has 0 aliphatic rings. The highest BCUT2D eigenvalue weighted by atomic mass is 28.5. The Morgan fingerprint density at radius 1 is 0.895 bits per heavy atom. The molecule has 0 bridgehead atoms. The molecule has 0 spiro atoms. The maximum absolute atomic E-state index is 6.44. The average molecular weight is 339 g/mol. The zero-order chi connectivity index (χ0) is 15.3. The molecule has 0 saturated heterocycles. The molecule has 0 amide bonds. The van der Waals surface area contributed by atoms with Crippen LogP contribution in [0, 0.1) is 0 Å². The maximum atomic E-state index is 6.44. The van der Waals surface area contributed by atoms with Crippen molar-refractivity contribution in [3.05, 3.63) is 0 Å². The van der Waals surface area contributed by atoms with Gasteiger partial charge in [0.2, 0.25) is 0 Å². The zero-order valence-electron chi connectivity index (χ0n) is 14.4. The van der Waals surface area contributed by atoms with Crippen molar-refractivity contribution < 1.29 is 12.3 Å². The van der Waals surface area contributed by atoms with Gasteiger partial charge in [0.25, 0.3) is 9.28 Å². The van der Waals surface area contributed by atoms with Crippen LogP contribution in [0.3, 0.4) is 0 Å². The van der Waals surface area contributed by atoms with E-state index in [9.17, 15) is 0 Å². The fourth-order valence-corrected chi connectivity index (χ4v) is 17.6. The van der Waals surface area contributed by atoms with Crippen molar-refractivity contribution >= 4 is 34.5 Å². The van der Waals surface area contributed by atoms with Crippen molar-refractivity contribution in [1.29, 1.82) is 0 Å². The van der Waals surface area contributed by atoms with Crippen LogP contribution in [-0.2, 0) is 12.3 Å². The molecule has 19 heavy (non-hydrogen) atoms. The highest BCUT2D eigenvalue weighted by Gasteiger charge is 2.36. The van der Waals surface area contributed by atoms with E-state index in [0.29, 0.717) is 0 Å². The van der Waals surface area contributed by atoms with Gasteiger partial charge in [-0.25, -0.2) is 0 Å². The van der Waals surface area contributed by atoms with Gasteiger partial charge in [0.15, 0.2) is 16.6 Å². The normalized spacial score (nSPS) is 15.6. The molecular weight excluding hydrogens is 304 g/mol. The van der Waals surface area contributed by atoms with E-state index in [1.165, 1.54) is 18.9 Å². The summed E-state index contributed by atoms with van der Waals surface area (Å²) in [6, 6.07) is 1.23. The van der Waals surface area contributed by atoms with Crippen molar-refractivity contribution in [1.82, 2.24) is 0 Å². The van der Waals surface area contributed by atoms with E-state index in [1.54, 1.807) is 0 Å². The van der Waals surface area contributed by atoms with Crippen LogP contribution in [0.25, 0.3) is 0 Å². The molecule has 1 atom stereocenters. The monoisotopic (exact) mass is 338 g/mol. The second-order valence-electron chi connectivity index (χ2n) is 7.28. The second-order valence-corrected chi connectivity index (χ2v) is 22.2. The Morgan fingerprint density at radius 2 is 1.42 bits per heavy atom. The number of hydrogen-bond donors (Lipinski definition) is 0. The first-order valence-corrected chi connectivity index (χ1v) is 18.9. The van der Waals surface area contributed by atoms with Crippen molar-refractivity contribution in [3.63, 3.8) is 0 Å². The van der Waals surface area contributed by atoms with Gasteiger partial charge < -0.3 is 12.3 Å². The standard InChI is InChI=1S/C12H34O3Si4/c1-10-11-12-18(6,7)15-19(8,9)14-16(2)13-17(3,4)5/h16H,10-12H2,1-9H3. The van der Waals surface area contributed by atoms with Crippen LogP contribution in [-0.4, -0.2) is 34.5 Å². The summed E-state index contributed by atoms with van der Waals surface area (Å²) >= 11 is 0. The van der Waals surface area contributed by atoms with E-state index in [2.05, 4.69) is 59.3 Å². The zero-order valence-corrected chi connectivity index (χ0v) is 18.6. The Kier molecular flexibility index (Phi) is 7.97. The molecule has 0 aromatic heterocycles. The first kappa shape index (κ1) is 19.7. The Morgan fingerprint density at radius 3 is 1.84 bits per heavy atom. The van der Waals surface area contributed by atoms with Gasteiger partial charge in [0.1, 0.15) is 0 Å². The van der Waals surface area contributed by atoms with Gasteiger partial charge in [-0.15, -0.1) is 0 Å². The van der Waals surface area contributed by atoms with Crippen molar-refractivity contribution in [2.45, 2.75) is 78.2 Å². The maximum Gasteiger partial charge on any atom is 0.312 e. The van der Waals surface area contributed by atoms with Crippen molar-refractivity contribution in [3.8, 4) is 0 Å². The van der Waals surface area contributed by atoms with Crippen LogP contribution >= 0.6 is 0 Å². The van der Waals surface area contributed by atoms with Gasteiger partial charge in [0.05, 0.1) is 0 Å². The Labute approximate surface area is 125 Å². The van der Waals surface area contributed by atoms with Gasteiger partial charge >= 0.3 is 8.56 Å².